The minimum absolute atomic E-state index is 0.00554. The van der Waals surface area contributed by atoms with Crippen molar-refractivity contribution in [1.29, 1.82) is 0 Å². The van der Waals surface area contributed by atoms with Gasteiger partial charge in [-0.1, -0.05) is 31.4 Å². The maximum atomic E-state index is 13.2. The molecule has 1 aliphatic rings. The van der Waals surface area contributed by atoms with Crippen LogP contribution in [0.5, 0.6) is 5.75 Å². The maximum Gasteiger partial charge on any atom is 0.410 e. The molecule has 0 bridgehead atoms. The lowest BCUT2D eigenvalue weighted by Crippen LogP contribution is -2.43. The van der Waals surface area contributed by atoms with Crippen molar-refractivity contribution in [3.05, 3.63) is 49.1 Å². The summed E-state index contributed by atoms with van der Waals surface area (Å²) >= 11 is 3.80. The second-order valence-electron chi connectivity index (χ2n) is 6.99. The monoisotopic (exact) mass is 462 g/mol. The van der Waals surface area contributed by atoms with Crippen LogP contribution in [0.4, 0.5) is 10.5 Å². The number of nitrogens with zero attached hydrogens (tertiary/aromatic N) is 1. The Hall–Kier alpha value is -3.27. The highest BCUT2D eigenvalue weighted by molar-refractivity contribution is 7.96. The molecule has 2 atom stereocenters. The van der Waals surface area contributed by atoms with Gasteiger partial charge in [0.15, 0.2) is 5.12 Å². The van der Waals surface area contributed by atoms with Crippen molar-refractivity contribution in [2.24, 2.45) is 5.92 Å². The van der Waals surface area contributed by atoms with E-state index in [0.29, 0.717) is 0 Å². The van der Waals surface area contributed by atoms with E-state index < -0.39 is 24.0 Å². The van der Waals surface area contributed by atoms with E-state index in [9.17, 15) is 19.2 Å². The molecule has 0 saturated carbocycles. The van der Waals surface area contributed by atoms with Crippen LogP contribution in [0.3, 0.4) is 0 Å². The number of para-hydroxylation sites is 1. The van der Waals surface area contributed by atoms with Gasteiger partial charge in [-0.15, -0.1) is 12.6 Å². The summed E-state index contributed by atoms with van der Waals surface area (Å²) in [6, 6.07) is 3.72. The molecule has 0 spiro atoms. The van der Waals surface area contributed by atoms with E-state index in [0.717, 1.165) is 0 Å². The summed E-state index contributed by atoms with van der Waals surface area (Å²) in [5.74, 6) is -1.25. The van der Waals surface area contributed by atoms with Gasteiger partial charge in [-0.05, 0) is 24.5 Å². The minimum Gasteiger partial charge on any atom is -0.495 e. The lowest BCUT2D eigenvalue weighted by Gasteiger charge is -2.24. The number of methoxy groups -OCH3 is 1. The van der Waals surface area contributed by atoms with E-state index in [1.165, 1.54) is 30.2 Å². The highest BCUT2D eigenvalue weighted by Gasteiger charge is 2.41. The van der Waals surface area contributed by atoms with Crippen LogP contribution in [0, 0.1) is 5.92 Å². The van der Waals surface area contributed by atoms with Gasteiger partial charge in [0.25, 0.3) is 0 Å². The summed E-state index contributed by atoms with van der Waals surface area (Å²) in [5.41, 5.74) is 0.197. The predicted molar refractivity (Wildman–Crippen MR) is 121 cm³/mol. The third kappa shape index (κ3) is 6.36. The van der Waals surface area contributed by atoms with Gasteiger partial charge >= 0.3 is 12.1 Å². The molecule has 32 heavy (non-hydrogen) atoms. The van der Waals surface area contributed by atoms with Crippen molar-refractivity contribution in [3.8, 4) is 5.75 Å². The second-order valence-corrected chi connectivity index (χ2v) is 7.49. The summed E-state index contributed by atoms with van der Waals surface area (Å²) in [6.45, 7) is 7.12. The van der Waals surface area contributed by atoms with E-state index in [4.69, 9.17) is 14.2 Å². The topological polar surface area (TPSA) is 111 Å². The van der Waals surface area contributed by atoms with Crippen molar-refractivity contribution in [1.82, 2.24) is 4.90 Å². The number of ether oxygens (including phenoxy) is 3. The first-order valence-corrected chi connectivity index (χ1v) is 10.3. The molecule has 1 aromatic rings. The van der Waals surface area contributed by atoms with Crippen molar-refractivity contribution < 1.29 is 33.4 Å². The molecular formula is C22H26N2O7S. The number of hydrogen-bond acceptors (Lipinski definition) is 7. The quantitative estimate of drug-likeness (QED) is 0.312. The van der Waals surface area contributed by atoms with Crippen molar-refractivity contribution >= 4 is 41.4 Å². The third-order valence-corrected chi connectivity index (χ3v) is 4.94. The van der Waals surface area contributed by atoms with Crippen molar-refractivity contribution in [2.45, 2.75) is 18.9 Å². The Morgan fingerprint density at radius 1 is 1.19 bits per heavy atom. The molecule has 0 unspecified atom stereocenters. The average molecular weight is 463 g/mol. The van der Waals surface area contributed by atoms with E-state index in [2.05, 4.69) is 31.1 Å². The highest BCUT2D eigenvalue weighted by atomic mass is 32.1. The Bertz CT molecular complexity index is 902. The summed E-state index contributed by atoms with van der Waals surface area (Å²) < 4.78 is 15.5. The number of benzene rings is 1. The Morgan fingerprint density at radius 2 is 1.88 bits per heavy atom. The number of carbonyl (C=O) groups excluding carboxylic acids is 4. The number of rotatable bonds is 10. The minimum atomic E-state index is -0.924. The third-order valence-electron chi connectivity index (χ3n) is 4.76. The van der Waals surface area contributed by atoms with Gasteiger partial charge in [-0.2, -0.15) is 0 Å². The van der Waals surface area contributed by atoms with Crippen LogP contribution in [0.2, 0.25) is 0 Å². The molecule has 1 heterocycles. The van der Waals surface area contributed by atoms with E-state index in [-0.39, 0.29) is 60.6 Å². The van der Waals surface area contributed by atoms with E-state index in [1.54, 1.807) is 12.1 Å². The summed E-state index contributed by atoms with van der Waals surface area (Å²) in [7, 11) is 1.40. The largest absolute Gasteiger partial charge is 0.495 e. The molecule has 172 valence electrons. The molecule has 1 saturated heterocycles. The Labute approximate surface area is 191 Å². The molecule has 1 N–H and O–H groups in total. The molecule has 1 aliphatic heterocycles. The molecule has 0 aliphatic carbocycles. The van der Waals surface area contributed by atoms with Crippen LogP contribution in [0.1, 0.15) is 23.2 Å². The fourth-order valence-corrected chi connectivity index (χ4v) is 3.66. The normalized spacial score (nSPS) is 17.2. The molecule has 0 radical (unpaired) electrons. The zero-order valence-electron chi connectivity index (χ0n) is 17.7. The standard InChI is InChI=1S/C22H26N2O7S/c1-4-9-30-21(27)15-7-6-8-17(29-3)19(15)23-20(26)16-11-14(12-18(25)32)13-24(16)22(28)31-10-5-2/h4-8,14,16H,1-2,9-13H2,3H3,(H,23,26)(H,25,32)/t14-,16-/m0/s1. The van der Waals surface area contributed by atoms with Crippen LogP contribution < -0.4 is 10.1 Å². The Balaban J connectivity index is 2.30. The molecule has 2 rings (SSSR count). The van der Waals surface area contributed by atoms with Crippen LogP contribution in [-0.2, 0) is 19.1 Å². The summed E-state index contributed by atoms with van der Waals surface area (Å²) in [4.78, 5) is 50.8. The van der Waals surface area contributed by atoms with E-state index in [1.807, 2.05) is 0 Å². The van der Waals surface area contributed by atoms with Gasteiger partial charge in [0.2, 0.25) is 5.91 Å². The Morgan fingerprint density at radius 3 is 2.50 bits per heavy atom. The highest BCUT2D eigenvalue weighted by Crippen LogP contribution is 2.32. The van der Waals surface area contributed by atoms with Crippen LogP contribution in [0.15, 0.2) is 43.5 Å². The van der Waals surface area contributed by atoms with Crippen molar-refractivity contribution in [3.63, 3.8) is 0 Å². The fraction of sp³-hybridized carbons (Fsp3) is 0.364. The predicted octanol–water partition coefficient (Wildman–Crippen LogP) is 2.84. The lowest BCUT2D eigenvalue weighted by atomic mass is 10.0. The van der Waals surface area contributed by atoms with Crippen LogP contribution >= 0.6 is 12.6 Å². The Kier molecular flexibility index (Phi) is 9.33. The number of thiol groups is 1. The number of likely N-dealkylation sites (tertiary alicyclic amines) is 1. The zero-order chi connectivity index (χ0) is 23.7. The molecular weight excluding hydrogens is 436 g/mol. The number of hydrogen-bond donors (Lipinski definition) is 2. The van der Waals surface area contributed by atoms with Crippen LogP contribution in [-0.4, -0.2) is 60.9 Å². The summed E-state index contributed by atoms with van der Waals surface area (Å²) in [6.07, 6.45) is 2.46. The molecule has 1 aromatic carbocycles. The van der Waals surface area contributed by atoms with Crippen LogP contribution in [0.25, 0.3) is 0 Å². The van der Waals surface area contributed by atoms with Gasteiger partial charge < -0.3 is 19.5 Å². The molecule has 1 fully saturated rings. The van der Waals surface area contributed by atoms with Gasteiger partial charge in [0.05, 0.1) is 18.4 Å². The van der Waals surface area contributed by atoms with Gasteiger partial charge in [0, 0.05) is 13.0 Å². The first-order chi connectivity index (χ1) is 15.3. The number of carbonyl (C=O) groups is 4. The van der Waals surface area contributed by atoms with Gasteiger partial charge in [-0.3, -0.25) is 14.5 Å². The van der Waals surface area contributed by atoms with Crippen molar-refractivity contribution in [2.75, 3.05) is 32.2 Å². The first-order valence-electron chi connectivity index (χ1n) is 9.84. The molecule has 9 nitrogen and oxygen atoms in total. The van der Waals surface area contributed by atoms with E-state index >= 15 is 0 Å². The van der Waals surface area contributed by atoms with Gasteiger partial charge in [0.1, 0.15) is 25.0 Å². The molecule has 0 aromatic heterocycles. The lowest BCUT2D eigenvalue weighted by molar-refractivity contribution is -0.120. The first kappa shape index (κ1) is 25.0. The average Bonchev–Trinajstić information content (AvgIpc) is 3.19. The number of anilines is 1. The smallest absolute Gasteiger partial charge is 0.410 e. The molecule has 10 heteroatoms. The SMILES string of the molecule is C=CCOC(=O)c1cccc(OC)c1NC(=O)[C@@H]1C[C@@H](CC(=O)S)CN1C(=O)OCC=C. The number of nitrogens with one attached hydrogen (secondary N) is 1. The molecule has 2 amide bonds. The number of amides is 2. The second kappa shape index (κ2) is 11.9. The van der Waals surface area contributed by atoms with Gasteiger partial charge in [-0.25, -0.2) is 9.59 Å². The zero-order valence-corrected chi connectivity index (χ0v) is 18.6. The fourth-order valence-electron chi connectivity index (χ4n) is 3.40. The summed E-state index contributed by atoms with van der Waals surface area (Å²) in [5, 5.41) is 2.34. The number of esters is 1. The maximum absolute atomic E-state index is 13.2.